The van der Waals surface area contributed by atoms with Gasteiger partial charge in [-0.3, -0.25) is 15.2 Å². The van der Waals surface area contributed by atoms with Gasteiger partial charge in [0, 0.05) is 11.6 Å². The maximum Gasteiger partial charge on any atom is 0.258 e. The second-order valence-corrected chi connectivity index (χ2v) is 7.35. The number of methoxy groups -OCH3 is 2. The van der Waals surface area contributed by atoms with Gasteiger partial charge in [-0.15, -0.1) is 5.10 Å². The third kappa shape index (κ3) is 4.02. The highest BCUT2D eigenvalue weighted by Crippen LogP contribution is 2.31. The van der Waals surface area contributed by atoms with Crippen LogP contribution in [0.1, 0.15) is 21.7 Å². The van der Waals surface area contributed by atoms with Crippen LogP contribution >= 0.6 is 11.6 Å². The van der Waals surface area contributed by atoms with Crippen molar-refractivity contribution in [3.63, 3.8) is 0 Å². The van der Waals surface area contributed by atoms with Crippen molar-refractivity contribution in [3.8, 4) is 28.6 Å². The molecule has 0 fully saturated rings. The Morgan fingerprint density at radius 2 is 1.84 bits per heavy atom. The summed E-state index contributed by atoms with van der Waals surface area (Å²) in [6.45, 7) is 3.74. The highest BCUT2D eigenvalue weighted by Gasteiger charge is 2.15. The predicted octanol–water partition coefficient (Wildman–Crippen LogP) is 4.20. The SMILES string of the molecule is COc1ccc(-c2nc(NC(=O)c3ccc(-n4nc(C)c(Cl)c4C)cc3)n[nH]2)c(OC)c1. The van der Waals surface area contributed by atoms with E-state index in [4.69, 9.17) is 21.1 Å². The molecule has 164 valence electrons. The van der Waals surface area contributed by atoms with Crippen LogP contribution in [0.2, 0.25) is 5.02 Å². The molecule has 0 bridgehead atoms. The molecule has 0 atom stereocenters. The van der Waals surface area contributed by atoms with E-state index in [1.807, 2.05) is 13.8 Å². The van der Waals surface area contributed by atoms with E-state index in [0.29, 0.717) is 33.5 Å². The Labute approximate surface area is 189 Å². The molecule has 0 aliphatic heterocycles. The Morgan fingerprint density at radius 3 is 2.47 bits per heavy atom. The first-order chi connectivity index (χ1) is 15.4. The summed E-state index contributed by atoms with van der Waals surface area (Å²) in [6.07, 6.45) is 0. The first kappa shape index (κ1) is 21.4. The number of hydrogen-bond donors (Lipinski definition) is 2. The Balaban J connectivity index is 1.50. The van der Waals surface area contributed by atoms with E-state index in [-0.39, 0.29) is 11.9 Å². The molecule has 32 heavy (non-hydrogen) atoms. The summed E-state index contributed by atoms with van der Waals surface area (Å²) < 4.78 is 12.3. The lowest BCUT2D eigenvalue weighted by Crippen LogP contribution is -2.13. The number of benzene rings is 2. The predicted molar refractivity (Wildman–Crippen MR) is 121 cm³/mol. The molecule has 2 N–H and O–H groups in total. The van der Waals surface area contributed by atoms with Gasteiger partial charge in [0.15, 0.2) is 5.82 Å². The van der Waals surface area contributed by atoms with Gasteiger partial charge in [0.05, 0.1) is 41.9 Å². The van der Waals surface area contributed by atoms with Gasteiger partial charge in [-0.05, 0) is 50.2 Å². The zero-order valence-corrected chi connectivity index (χ0v) is 18.7. The summed E-state index contributed by atoms with van der Waals surface area (Å²) in [5, 5.41) is 14.6. The molecular weight excluding hydrogens is 432 g/mol. The number of nitrogens with one attached hydrogen (secondary N) is 2. The fourth-order valence-corrected chi connectivity index (χ4v) is 3.35. The number of aromatic amines is 1. The second-order valence-electron chi connectivity index (χ2n) is 6.97. The number of rotatable bonds is 6. The van der Waals surface area contributed by atoms with Crippen molar-refractivity contribution in [2.45, 2.75) is 13.8 Å². The first-order valence-electron chi connectivity index (χ1n) is 9.69. The van der Waals surface area contributed by atoms with Crippen LogP contribution in [0.15, 0.2) is 42.5 Å². The van der Waals surface area contributed by atoms with Gasteiger partial charge >= 0.3 is 0 Å². The smallest absolute Gasteiger partial charge is 0.258 e. The van der Waals surface area contributed by atoms with Crippen molar-refractivity contribution in [3.05, 3.63) is 64.4 Å². The van der Waals surface area contributed by atoms with E-state index in [0.717, 1.165) is 17.1 Å². The minimum absolute atomic E-state index is 0.150. The molecule has 0 aliphatic carbocycles. The lowest BCUT2D eigenvalue weighted by Gasteiger charge is -2.08. The number of aromatic nitrogens is 5. The number of hydrogen-bond acceptors (Lipinski definition) is 6. The molecule has 2 aromatic heterocycles. The van der Waals surface area contributed by atoms with Crippen LogP contribution in [-0.2, 0) is 0 Å². The molecule has 9 nitrogen and oxygen atoms in total. The molecule has 4 rings (SSSR count). The summed E-state index contributed by atoms with van der Waals surface area (Å²) in [5.41, 5.74) is 3.54. The van der Waals surface area contributed by atoms with Crippen LogP contribution in [0.5, 0.6) is 11.5 Å². The molecule has 1 amide bonds. The van der Waals surface area contributed by atoms with Crippen molar-refractivity contribution in [2.75, 3.05) is 19.5 Å². The van der Waals surface area contributed by atoms with Gasteiger partial charge in [-0.1, -0.05) is 11.6 Å². The number of carbonyl (C=O) groups is 1. The Bertz CT molecular complexity index is 1280. The van der Waals surface area contributed by atoms with Crippen molar-refractivity contribution < 1.29 is 14.3 Å². The lowest BCUT2D eigenvalue weighted by molar-refractivity contribution is 0.102. The number of nitrogens with zero attached hydrogens (tertiary/aromatic N) is 4. The Hall–Kier alpha value is -3.85. The molecule has 2 heterocycles. The first-order valence-corrected chi connectivity index (χ1v) is 10.1. The summed E-state index contributed by atoms with van der Waals surface area (Å²) in [7, 11) is 3.14. The number of anilines is 1. The third-order valence-corrected chi connectivity index (χ3v) is 5.50. The van der Waals surface area contributed by atoms with E-state index in [1.54, 1.807) is 61.4 Å². The topological polar surface area (TPSA) is 107 Å². The monoisotopic (exact) mass is 452 g/mol. The highest BCUT2D eigenvalue weighted by molar-refractivity contribution is 6.31. The second kappa shape index (κ2) is 8.72. The molecular formula is C22H21ClN6O3. The maximum atomic E-state index is 12.6. The average Bonchev–Trinajstić information content (AvgIpc) is 3.38. The van der Waals surface area contributed by atoms with Gasteiger partial charge in [0.1, 0.15) is 11.5 Å². The lowest BCUT2D eigenvalue weighted by atomic mass is 10.2. The van der Waals surface area contributed by atoms with Gasteiger partial charge in [-0.2, -0.15) is 10.1 Å². The van der Waals surface area contributed by atoms with Gasteiger partial charge < -0.3 is 9.47 Å². The molecule has 0 saturated heterocycles. The molecule has 0 saturated carbocycles. The normalized spacial score (nSPS) is 10.8. The van der Waals surface area contributed by atoms with Gasteiger partial charge in [0.2, 0.25) is 5.95 Å². The molecule has 10 heteroatoms. The van der Waals surface area contributed by atoms with E-state index < -0.39 is 0 Å². The minimum atomic E-state index is -0.338. The number of aryl methyl sites for hydroxylation is 1. The van der Waals surface area contributed by atoms with Crippen LogP contribution in [0.25, 0.3) is 17.1 Å². The van der Waals surface area contributed by atoms with Crippen molar-refractivity contribution in [1.82, 2.24) is 25.0 Å². The van der Waals surface area contributed by atoms with E-state index >= 15 is 0 Å². The Morgan fingerprint density at radius 1 is 1.09 bits per heavy atom. The molecule has 0 aliphatic rings. The van der Waals surface area contributed by atoms with E-state index in [2.05, 4.69) is 25.6 Å². The van der Waals surface area contributed by atoms with E-state index in [1.165, 1.54) is 0 Å². The van der Waals surface area contributed by atoms with Gasteiger partial charge in [0.25, 0.3) is 5.91 Å². The van der Waals surface area contributed by atoms with Crippen molar-refractivity contribution >= 4 is 23.5 Å². The van der Waals surface area contributed by atoms with E-state index in [9.17, 15) is 4.79 Å². The van der Waals surface area contributed by atoms with Crippen LogP contribution in [-0.4, -0.2) is 45.1 Å². The molecule has 0 radical (unpaired) electrons. The largest absolute Gasteiger partial charge is 0.497 e. The minimum Gasteiger partial charge on any atom is -0.497 e. The molecule has 4 aromatic rings. The number of halogens is 1. The zero-order chi connectivity index (χ0) is 22.8. The number of H-pyrrole nitrogens is 1. The number of amides is 1. The molecule has 0 unspecified atom stereocenters. The molecule has 0 spiro atoms. The van der Waals surface area contributed by atoms with Crippen molar-refractivity contribution in [1.29, 1.82) is 0 Å². The summed E-state index contributed by atoms with van der Waals surface area (Å²) in [4.78, 5) is 17.0. The molecule has 2 aromatic carbocycles. The fourth-order valence-electron chi connectivity index (χ4n) is 3.24. The standard InChI is InChI=1S/C22H21ClN6O3/c1-12-19(23)13(2)29(28-12)15-7-5-14(6-8-15)21(30)25-22-24-20(26-27-22)17-10-9-16(31-3)11-18(17)32-4/h5-11H,1-4H3,(H2,24,25,26,27,30). The number of ether oxygens (including phenoxy) is 2. The van der Waals surface area contributed by atoms with Crippen LogP contribution < -0.4 is 14.8 Å². The van der Waals surface area contributed by atoms with Crippen LogP contribution in [0, 0.1) is 13.8 Å². The quantitative estimate of drug-likeness (QED) is 0.454. The summed E-state index contributed by atoms with van der Waals surface area (Å²) in [6, 6.07) is 12.3. The third-order valence-electron chi connectivity index (χ3n) is 4.95. The van der Waals surface area contributed by atoms with Crippen molar-refractivity contribution in [2.24, 2.45) is 0 Å². The average molecular weight is 453 g/mol. The maximum absolute atomic E-state index is 12.6. The number of carbonyl (C=O) groups excluding carboxylic acids is 1. The summed E-state index contributed by atoms with van der Waals surface area (Å²) >= 11 is 6.22. The zero-order valence-electron chi connectivity index (χ0n) is 17.9. The van der Waals surface area contributed by atoms with Gasteiger partial charge in [-0.25, -0.2) is 4.68 Å². The van der Waals surface area contributed by atoms with Crippen LogP contribution in [0.4, 0.5) is 5.95 Å². The fraction of sp³-hybridized carbons (Fsp3) is 0.182. The Kier molecular flexibility index (Phi) is 5.83. The van der Waals surface area contributed by atoms with Crippen LogP contribution in [0.3, 0.4) is 0 Å². The summed E-state index contributed by atoms with van der Waals surface area (Å²) in [5.74, 6) is 1.49. The highest BCUT2D eigenvalue weighted by atomic mass is 35.5.